The standard InChI is InChI=1S/C25H21N3O4/c29-24(20-8-10-21(11-9-20)28-25(30)22-7-4-14-31-22)27-16-19-12-13-26-23(15-19)32-17-18-5-2-1-3-6-18/h1-15H,16-17H2,(H,27,29)(H,28,30). The molecular formula is C25H21N3O4. The van der Waals surface area contributed by atoms with Gasteiger partial charge in [0, 0.05) is 30.1 Å². The van der Waals surface area contributed by atoms with Gasteiger partial charge in [0.05, 0.1) is 6.26 Å². The Morgan fingerprint density at radius 1 is 0.875 bits per heavy atom. The Balaban J connectivity index is 1.29. The molecule has 2 N–H and O–H groups in total. The molecule has 4 aromatic rings. The second-order valence-corrected chi connectivity index (χ2v) is 6.97. The molecule has 0 aliphatic heterocycles. The van der Waals surface area contributed by atoms with Crippen molar-refractivity contribution in [1.82, 2.24) is 10.3 Å². The van der Waals surface area contributed by atoms with Crippen molar-refractivity contribution in [3.63, 3.8) is 0 Å². The summed E-state index contributed by atoms with van der Waals surface area (Å²) in [6.45, 7) is 0.756. The number of furan rings is 1. The van der Waals surface area contributed by atoms with Crippen LogP contribution in [-0.4, -0.2) is 16.8 Å². The number of rotatable bonds is 8. The van der Waals surface area contributed by atoms with E-state index in [0.717, 1.165) is 11.1 Å². The van der Waals surface area contributed by atoms with Gasteiger partial charge in [-0.05, 0) is 53.6 Å². The summed E-state index contributed by atoms with van der Waals surface area (Å²) in [5.74, 6) is 0.140. The zero-order valence-corrected chi connectivity index (χ0v) is 17.2. The fraction of sp³-hybridized carbons (Fsp3) is 0.0800. The number of ether oxygens (including phenoxy) is 1. The number of benzene rings is 2. The summed E-state index contributed by atoms with van der Waals surface area (Å²) >= 11 is 0. The Bertz CT molecular complexity index is 1170. The number of carbonyl (C=O) groups is 2. The zero-order valence-electron chi connectivity index (χ0n) is 17.2. The van der Waals surface area contributed by atoms with E-state index in [4.69, 9.17) is 9.15 Å². The predicted molar refractivity (Wildman–Crippen MR) is 119 cm³/mol. The summed E-state index contributed by atoms with van der Waals surface area (Å²) < 4.78 is 10.8. The van der Waals surface area contributed by atoms with E-state index in [1.165, 1.54) is 6.26 Å². The van der Waals surface area contributed by atoms with Crippen LogP contribution in [0.1, 0.15) is 32.0 Å². The van der Waals surface area contributed by atoms with Crippen molar-refractivity contribution in [3.05, 3.63) is 114 Å². The molecule has 0 saturated carbocycles. The molecule has 0 bridgehead atoms. The molecule has 7 nitrogen and oxygen atoms in total. The van der Waals surface area contributed by atoms with Gasteiger partial charge in [0.25, 0.3) is 11.8 Å². The van der Waals surface area contributed by atoms with E-state index >= 15 is 0 Å². The van der Waals surface area contributed by atoms with Crippen molar-refractivity contribution >= 4 is 17.5 Å². The molecule has 2 amide bonds. The molecule has 0 fully saturated rings. The largest absolute Gasteiger partial charge is 0.473 e. The van der Waals surface area contributed by atoms with Gasteiger partial charge in [-0.3, -0.25) is 9.59 Å². The third kappa shape index (κ3) is 5.60. The second kappa shape index (κ2) is 10.1. The molecule has 0 atom stereocenters. The van der Waals surface area contributed by atoms with Crippen LogP contribution in [0.25, 0.3) is 0 Å². The van der Waals surface area contributed by atoms with Gasteiger partial charge in [-0.1, -0.05) is 30.3 Å². The topological polar surface area (TPSA) is 93.5 Å². The predicted octanol–water partition coefficient (Wildman–Crippen LogP) is 4.44. The van der Waals surface area contributed by atoms with Gasteiger partial charge >= 0.3 is 0 Å². The first kappa shape index (κ1) is 20.9. The maximum Gasteiger partial charge on any atom is 0.291 e. The van der Waals surface area contributed by atoms with Gasteiger partial charge in [-0.15, -0.1) is 0 Å². The van der Waals surface area contributed by atoms with Crippen LogP contribution in [0.5, 0.6) is 5.88 Å². The summed E-state index contributed by atoms with van der Waals surface area (Å²) in [6, 6.07) is 23.3. The molecule has 2 heterocycles. The SMILES string of the molecule is O=C(NCc1ccnc(OCc2ccccc2)c1)c1ccc(NC(=O)c2ccco2)cc1. The van der Waals surface area contributed by atoms with Gasteiger partial charge in [0.15, 0.2) is 5.76 Å². The monoisotopic (exact) mass is 427 g/mol. The van der Waals surface area contributed by atoms with E-state index in [0.29, 0.717) is 30.3 Å². The highest BCUT2D eigenvalue weighted by Crippen LogP contribution is 2.14. The maximum absolute atomic E-state index is 12.5. The van der Waals surface area contributed by atoms with E-state index in [9.17, 15) is 9.59 Å². The molecule has 0 spiro atoms. The molecular weight excluding hydrogens is 406 g/mol. The third-order valence-electron chi connectivity index (χ3n) is 4.63. The van der Waals surface area contributed by atoms with Gasteiger partial charge in [0.1, 0.15) is 6.61 Å². The fourth-order valence-electron chi connectivity index (χ4n) is 2.96. The van der Waals surface area contributed by atoms with Crippen molar-refractivity contribution in [2.45, 2.75) is 13.2 Å². The van der Waals surface area contributed by atoms with Gasteiger partial charge in [-0.2, -0.15) is 0 Å². The third-order valence-corrected chi connectivity index (χ3v) is 4.63. The summed E-state index contributed by atoms with van der Waals surface area (Å²) in [6.07, 6.45) is 3.09. The molecule has 2 aromatic heterocycles. The van der Waals surface area contributed by atoms with Crippen LogP contribution in [0.4, 0.5) is 5.69 Å². The Morgan fingerprint density at radius 3 is 2.44 bits per heavy atom. The average molecular weight is 427 g/mol. The molecule has 0 saturated heterocycles. The number of hydrogen-bond acceptors (Lipinski definition) is 5. The van der Waals surface area contributed by atoms with Crippen LogP contribution in [0, 0.1) is 0 Å². The lowest BCUT2D eigenvalue weighted by Crippen LogP contribution is -2.22. The smallest absolute Gasteiger partial charge is 0.291 e. The van der Waals surface area contributed by atoms with Crippen LogP contribution in [0.15, 0.2) is 95.7 Å². The Hall–Kier alpha value is -4.39. The first-order valence-corrected chi connectivity index (χ1v) is 10.0. The highest BCUT2D eigenvalue weighted by molar-refractivity contribution is 6.02. The molecule has 4 rings (SSSR count). The number of anilines is 1. The van der Waals surface area contributed by atoms with E-state index in [-0.39, 0.29) is 17.6 Å². The van der Waals surface area contributed by atoms with Gasteiger partial charge in [0.2, 0.25) is 5.88 Å². The number of amides is 2. The van der Waals surface area contributed by atoms with Gasteiger partial charge < -0.3 is 19.8 Å². The van der Waals surface area contributed by atoms with E-state index in [2.05, 4.69) is 15.6 Å². The number of nitrogens with zero attached hydrogens (tertiary/aromatic N) is 1. The number of aromatic nitrogens is 1. The highest BCUT2D eigenvalue weighted by atomic mass is 16.5. The van der Waals surface area contributed by atoms with Crippen LogP contribution in [0.2, 0.25) is 0 Å². The minimum absolute atomic E-state index is 0.219. The first-order valence-electron chi connectivity index (χ1n) is 10.0. The minimum Gasteiger partial charge on any atom is -0.473 e. The Morgan fingerprint density at radius 2 is 1.69 bits per heavy atom. The van der Waals surface area contributed by atoms with E-state index in [1.54, 1.807) is 48.7 Å². The Kier molecular flexibility index (Phi) is 6.57. The van der Waals surface area contributed by atoms with E-state index < -0.39 is 0 Å². The second-order valence-electron chi connectivity index (χ2n) is 6.97. The van der Waals surface area contributed by atoms with Crippen LogP contribution in [0.3, 0.4) is 0 Å². The molecule has 0 aliphatic rings. The lowest BCUT2D eigenvalue weighted by atomic mass is 10.2. The quantitative estimate of drug-likeness (QED) is 0.434. The summed E-state index contributed by atoms with van der Waals surface area (Å²) in [5.41, 5.74) is 2.98. The molecule has 0 radical (unpaired) electrons. The molecule has 7 heteroatoms. The zero-order chi connectivity index (χ0) is 22.2. The number of pyridine rings is 1. The number of nitrogens with one attached hydrogen (secondary N) is 2. The number of carbonyl (C=O) groups excluding carboxylic acids is 2. The molecule has 0 aliphatic carbocycles. The molecule has 32 heavy (non-hydrogen) atoms. The number of hydrogen-bond donors (Lipinski definition) is 2. The van der Waals surface area contributed by atoms with Crippen molar-refractivity contribution in [1.29, 1.82) is 0 Å². The lowest BCUT2D eigenvalue weighted by molar-refractivity contribution is 0.0950. The summed E-state index contributed by atoms with van der Waals surface area (Å²) in [7, 11) is 0. The van der Waals surface area contributed by atoms with E-state index in [1.807, 2.05) is 36.4 Å². The van der Waals surface area contributed by atoms with Gasteiger partial charge in [-0.25, -0.2) is 4.98 Å². The normalized spacial score (nSPS) is 10.4. The highest BCUT2D eigenvalue weighted by Gasteiger charge is 2.10. The van der Waals surface area contributed by atoms with Crippen LogP contribution >= 0.6 is 0 Å². The Labute approximate surface area is 185 Å². The summed E-state index contributed by atoms with van der Waals surface area (Å²) in [5, 5.41) is 5.59. The maximum atomic E-state index is 12.5. The average Bonchev–Trinajstić information content (AvgIpc) is 3.38. The molecule has 0 unspecified atom stereocenters. The van der Waals surface area contributed by atoms with Crippen LogP contribution in [-0.2, 0) is 13.2 Å². The fourth-order valence-corrected chi connectivity index (χ4v) is 2.96. The summed E-state index contributed by atoms with van der Waals surface area (Å²) in [4.78, 5) is 28.7. The van der Waals surface area contributed by atoms with Crippen molar-refractivity contribution in [2.24, 2.45) is 0 Å². The van der Waals surface area contributed by atoms with Crippen molar-refractivity contribution in [2.75, 3.05) is 5.32 Å². The van der Waals surface area contributed by atoms with Crippen LogP contribution < -0.4 is 15.4 Å². The first-order chi connectivity index (χ1) is 15.7. The lowest BCUT2D eigenvalue weighted by Gasteiger charge is -2.09. The van der Waals surface area contributed by atoms with Crippen molar-refractivity contribution < 1.29 is 18.7 Å². The minimum atomic E-state index is -0.352. The molecule has 160 valence electrons. The van der Waals surface area contributed by atoms with Crippen molar-refractivity contribution in [3.8, 4) is 5.88 Å². The molecule has 2 aromatic carbocycles.